The van der Waals surface area contributed by atoms with E-state index >= 15 is 0 Å². The minimum Gasteiger partial charge on any atom is -0.481 e. The molecular weight excluding hydrogens is 232 g/mol. The molecular formula is C13H20N2O3. The Bertz CT molecular complexity index is 430. The molecule has 18 heavy (non-hydrogen) atoms. The van der Waals surface area contributed by atoms with E-state index < -0.39 is 11.4 Å². The van der Waals surface area contributed by atoms with Gasteiger partial charge in [-0.2, -0.15) is 0 Å². The molecule has 0 amide bonds. The zero-order valence-electron chi connectivity index (χ0n) is 11.0. The highest BCUT2D eigenvalue weighted by molar-refractivity contribution is 5.75. The number of aliphatic carboxylic acids is 1. The van der Waals surface area contributed by atoms with Gasteiger partial charge in [-0.1, -0.05) is 12.1 Å². The number of aromatic nitrogens is 1. The van der Waals surface area contributed by atoms with E-state index in [0.717, 1.165) is 30.8 Å². The second-order valence-corrected chi connectivity index (χ2v) is 5.18. The van der Waals surface area contributed by atoms with Crippen molar-refractivity contribution in [2.24, 2.45) is 5.41 Å². The van der Waals surface area contributed by atoms with Crippen molar-refractivity contribution in [1.29, 1.82) is 0 Å². The number of carboxylic acids is 1. The third-order valence-electron chi connectivity index (χ3n) is 3.85. The molecule has 0 radical (unpaired) electrons. The van der Waals surface area contributed by atoms with Gasteiger partial charge in [0, 0.05) is 19.2 Å². The Morgan fingerprint density at radius 1 is 1.67 bits per heavy atom. The van der Waals surface area contributed by atoms with Crippen LogP contribution in [0.1, 0.15) is 37.6 Å². The molecule has 2 heterocycles. The predicted octanol–water partition coefficient (Wildman–Crippen LogP) is 2.06. The average Bonchev–Trinajstić information content (AvgIpc) is 2.74. The van der Waals surface area contributed by atoms with Gasteiger partial charge < -0.3 is 9.63 Å². The maximum atomic E-state index is 11.4. The van der Waals surface area contributed by atoms with Crippen LogP contribution in [0.25, 0.3) is 0 Å². The number of likely N-dealkylation sites (tertiary alicyclic amines) is 1. The second kappa shape index (κ2) is 5.10. The molecule has 100 valence electrons. The van der Waals surface area contributed by atoms with Gasteiger partial charge in [0.05, 0.1) is 11.1 Å². The summed E-state index contributed by atoms with van der Waals surface area (Å²) in [5, 5.41) is 13.4. The molecule has 1 atom stereocenters. The van der Waals surface area contributed by atoms with Crippen molar-refractivity contribution in [3.8, 4) is 0 Å². The molecule has 1 N–H and O–H groups in total. The highest BCUT2D eigenvalue weighted by atomic mass is 16.5. The molecule has 5 nitrogen and oxygen atoms in total. The van der Waals surface area contributed by atoms with Crippen LogP contribution in [0.15, 0.2) is 10.6 Å². The highest BCUT2D eigenvalue weighted by Crippen LogP contribution is 2.34. The summed E-state index contributed by atoms with van der Waals surface area (Å²) in [4.78, 5) is 13.6. The van der Waals surface area contributed by atoms with Crippen molar-refractivity contribution in [1.82, 2.24) is 10.1 Å². The van der Waals surface area contributed by atoms with Crippen LogP contribution in [-0.4, -0.2) is 34.2 Å². The van der Waals surface area contributed by atoms with Gasteiger partial charge in [-0.3, -0.25) is 9.69 Å². The summed E-state index contributed by atoms with van der Waals surface area (Å²) in [6.07, 6.45) is 2.38. The van der Waals surface area contributed by atoms with E-state index in [2.05, 4.69) is 10.1 Å². The van der Waals surface area contributed by atoms with Crippen molar-refractivity contribution in [2.45, 2.75) is 39.7 Å². The lowest BCUT2D eigenvalue weighted by Gasteiger charge is -2.39. The summed E-state index contributed by atoms with van der Waals surface area (Å²) in [5.41, 5.74) is 0.293. The molecule has 2 rings (SSSR count). The molecule has 0 bridgehead atoms. The van der Waals surface area contributed by atoms with E-state index in [1.54, 1.807) is 0 Å². The van der Waals surface area contributed by atoms with E-state index in [1.165, 1.54) is 0 Å². The van der Waals surface area contributed by atoms with E-state index in [4.69, 9.17) is 4.52 Å². The summed E-state index contributed by atoms with van der Waals surface area (Å²) in [5.74, 6) is 0.119. The molecule has 0 aliphatic carbocycles. The molecule has 5 heteroatoms. The quantitative estimate of drug-likeness (QED) is 0.888. The van der Waals surface area contributed by atoms with Gasteiger partial charge in [-0.05, 0) is 32.7 Å². The summed E-state index contributed by atoms with van der Waals surface area (Å²) in [6, 6.07) is 1.91. The van der Waals surface area contributed by atoms with E-state index in [-0.39, 0.29) is 0 Å². The number of nitrogens with zero attached hydrogens (tertiary/aromatic N) is 2. The lowest BCUT2D eigenvalue weighted by atomic mass is 9.77. The first-order valence-electron chi connectivity index (χ1n) is 6.44. The molecule has 1 aliphatic heterocycles. The zero-order chi connectivity index (χ0) is 13.2. The number of hydrogen-bond acceptors (Lipinski definition) is 4. The maximum absolute atomic E-state index is 11.4. The van der Waals surface area contributed by atoms with Crippen LogP contribution < -0.4 is 0 Å². The highest BCUT2D eigenvalue weighted by Gasteiger charge is 2.40. The molecule has 1 fully saturated rings. The largest absolute Gasteiger partial charge is 0.481 e. The topological polar surface area (TPSA) is 66.6 Å². The number of carbonyl (C=O) groups is 1. The van der Waals surface area contributed by atoms with Crippen molar-refractivity contribution in [2.75, 3.05) is 13.1 Å². The Balaban J connectivity index is 2.04. The van der Waals surface area contributed by atoms with E-state index in [9.17, 15) is 9.90 Å². The van der Waals surface area contributed by atoms with Gasteiger partial charge in [0.15, 0.2) is 0 Å². The lowest BCUT2D eigenvalue weighted by molar-refractivity contribution is -0.153. The Labute approximate surface area is 107 Å². The minimum absolute atomic E-state index is 0.586. The predicted molar refractivity (Wildman–Crippen MR) is 66.1 cm³/mol. The van der Waals surface area contributed by atoms with Gasteiger partial charge in [-0.25, -0.2) is 0 Å². The van der Waals surface area contributed by atoms with Crippen LogP contribution in [-0.2, 0) is 11.3 Å². The average molecular weight is 252 g/mol. The molecule has 0 saturated carbocycles. The van der Waals surface area contributed by atoms with Crippen molar-refractivity contribution in [3.05, 3.63) is 17.5 Å². The molecule has 1 aliphatic rings. The molecule has 1 aromatic heterocycles. The first kappa shape index (κ1) is 13.1. The Morgan fingerprint density at radius 2 is 2.44 bits per heavy atom. The fraction of sp³-hybridized carbons (Fsp3) is 0.692. The number of piperidine rings is 1. The van der Waals surface area contributed by atoms with Crippen molar-refractivity contribution >= 4 is 5.97 Å². The van der Waals surface area contributed by atoms with Gasteiger partial charge in [0.1, 0.15) is 5.76 Å². The summed E-state index contributed by atoms with van der Waals surface area (Å²) >= 11 is 0. The number of aryl methyl sites for hydroxylation is 1. The van der Waals surface area contributed by atoms with Gasteiger partial charge in [0.25, 0.3) is 0 Å². The third-order valence-corrected chi connectivity index (χ3v) is 3.85. The summed E-state index contributed by atoms with van der Waals surface area (Å²) in [7, 11) is 0. The van der Waals surface area contributed by atoms with Crippen LogP contribution in [0.3, 0.4) is 0 Å². The lowest BCUT2D eigenvalue weighted by Crippen LogP contribution is -2.47. The van der Waals surface area contributed by atoms with E-state index in [1.807, 2.05) is 19.9 Å². The molecule has 1 unspecified atom stereocenters. The SMILES string of the molecule is CCC1(C(=O)O)CCCN(Cc2cc(C)on2)C1. The fourth-order valence-corrected chi connectivity index (χ4v) is 2.70. The molecule has 1 aromatic rings. The monoisotopic (exact) mass is 252 g/mol. The summed E-state index contributed by atoms with van der Waals surface area (Å²) < 4.78 is 5.04. The second-order valence-electron chi connectivity index (χ2n) is 5.18. The Hall–Kier alpha value is -1.36. The van der Waals surface area contributed by atoms with Crippen molar-refractivity contribution < 1.29 is 14.4 Å². The van der Waals surface area contributed by atoms with Crippen LogP contribution in [0.5, 0.6) is 0 Å². The number of rotatable bonds is 4. The number of hydrogen-bond donors (Lipinski definition) is 1. The van der Waals surface area contributed by atoms with Crippen LogP contribution in [0, 0.1) is 12.3 Å². The van der Waals surface area contributed by atoms with E-state index in [0.29, 0.717) is 19.5 Å². The first-order chi connectivity index (χ1) is 8.55. The van der Waals surface area contributed by atoms with Crippen LogP contribution in [0.2, 0.25) is 0 Å². The van der Waals surface area contributed by atoms with Crippen LogP contribution >= 0.6 is 0 Å². The van der Waals surface area contributed by atoms with Crippen LogP contribution in [0.4, 0.5) is 0 Å². The molecule has 0 spiro atoms. The standard InChI is InChI=1S/C13H20N2O3/c1-3-13(12(16)17)5-4-6-15(9-13)8-11-7-10(2)18-14-11/h7H,3-6,8-9H2,1-2H3,(H,16,17). The zero-order valence-corrected chi connectivity index (χ0v) is 11.0. The van der Waals surface area contributed by atoms with Gasteiger partial charge in [0.2, 0.25) is 0 Å². The normalized spacial score (nSPS) is 25.2. The summed E-state index contributed by atoms with van der Waals surface area (Å²) in [6.45, 7) is 6.02. The van der Waals surface area contributed by atoms with Gasteiger partial charge >= 0.3 is 5.97 Å². The minimum atomic E-state index is -0.675. The maximum Gasteiger partial charge on any atom is 0.310 e. The number of carboxylic acid groups (broad SMARTS) is 1. The fourth-order valence-electron chi connectivity index (χ4n) is 2.70. The Kier molecular flexibility index (Phi) is 3.71. The third kappa shape index (κ3) is 2.56. The smallest absolute Gasteiger partial charge is 0.310 e. The molecule has 1 saturated heterocycles. The first-order valence-corrected chi connectivity index (χ1v) is 6.44. The van der Waals surface area contributed by atoms with Gasteiger partial charge in [-0.15, -0.1) is 0 Å². The Morgan fingerprint density at radius 3 is 3.00 bits per heavy atom. The molecule has 0 aromatic carbocycles. The van der Waals surface area contributed by atoms with Crippen molar-refractivity contribution in [3.63, 3.8) is 0 Å².